The molecule has 2 bridgehead atoms. The first kappa shape index (κ1) is 17.1. The first-order valence-corrected chi connectivity index (χ1v) is 8.77. The summed E-state index contributed by atoms with van der Waals surface area (Å²) in [5.74, 6) is -0.868. The zero-order valence-electron chi connectivity index (χ0n) is 14.3. The smallest absolute Gasteiger partial charge is 0.254 e. The molecule has 0 aromatic carbocycles. The molecule has 3 heterocycles. The van der Waals surface area contributed by atoms with Crippen LogP contribution in [0.2, 0.25) is 0 Å². The highest BCUT2D eigenvalue weighted by Crippen LogP contribution is 2.33. The number of amides is 1. The van der Waals surface area contributed by atoms with Crippen LogP contribution < -0.4 is 0 Å². The highest BCUT2D eigenvalue weighted by atomic mass is 19.1. The first-order valence-electron chi connectivity index (χ1n) is 8.77. The lowest BCUT2D eigenvalue weighted by Gasteiger charge is -2.31. The van der Waals surface area contributed by atoms with Gasteiger partial charge in [0.2, 0.25) is 5.95 Å². The predicted molar refractivity (Wildman–Crippen MR) is 90.8 cm³/mol. The molecule has 26 heavy (non-hydrogen) atoms. The highest BCUT2D eigenvalue weighted by Gasteiger charge is 2.44. The zero-order chi connectivity index (χ0) is 17.9. The van der Waals surface area contributed by atoms with E-state index in [0.717, 1.165) is 18.4 Å². The second-order valence-corrected chi connectivity index (χ2v) is 6.56. The SMILES string of the molecule is O=C(c1ccnc(F)c1)N1CCOC2CCC1C2OCc1cccnc1. The summed E-state index contributed by atoms with van der Waals surface area (Å²) in [6.45, 7) is 1.34. The van der Waals surface area contributed by atoms with E-state index in [-0.39, 0.29) is 24.2 Å². The number of pyridine rings is 2. The molecular weight excluding hydrogens is 337 g/mol. The van der Waals surface area contributed by atoms with E-state index in [1.54, 1.807) is 17.3 Å². The van der Waals surface area contributed by atoms with Gasteiger partial charge in [-0.2, -0.15) is 4.39 Å². The van der Waals surface area contributed by atoms with Crippen LogP contribution in [0, 0.1) is 5.95 Å². The largest absolute Gasteiger partial charge is 0.374 e. The number of rotatable bonds is 4. The molecule has 2 aliphatic rings. The fourth-order valence-electron chi connectivity index (χ4n) is 3.74. The molecule has 2 fully saturated rings. The molecule has 0 N–H and O–H groups in total. The number of hydrogen-bond donors (Lipinski definition) is 0. The number of halogens is 1. The molecule has 6 nitrogen and oxygen atoms in total. The van der Waals surface area contributed by atoms with Crippen molar-refractivity contribution in [3.8, 4) is 0 Å². The van der Waals surface area contributed by atoms with Gasteiger partial charge in [-0.25, -0.2) is 4.98 Å². The van der Waals surface area contributed by atoms with Crippen LogP contribution in [-0.4, -0.2) is 52.2 Å². The van der Waals surface area contributed by atoms with E-state index in [0.29, 0.717) is 25.3 Å². The van der Waals surface area contributed by atoms with Crippen LogP contribution in [0.25, 0.3) is 0 Å². The van der Waals surface area contributed by atoms with Crippen molar-refractivity contribution in [3.63, 3.8) is 0 Å². The van der Waals surface area contributed by atoms with Crippen LogP contribution in [-0.2, 0) is 16.1 Å². The summed E-state index contributed by atoms with van der Waals surface area (Å²) in [6, 6.07) is 6.45. The molecule has 2 aromatic heterocycles. The maximum absolute atomic E-state index is 13.4. The van der Waals surface area contributed by atoms with E-state index in [1.165, 1.54) is 18.3 Å². The topological polar surface area (TPSA) is 64.6 Å². The summed E-state index contributed by atoms with van der Waals surface area (Å²) in [5.41, 5.74) is 1.28. The number of nitrogens with zero attached hydrogens (tertiary/aromatic N) is 3. The van der Waals surface area contributed by atoms with Gasteiger partial charge in [-0.1, -0.05) is 6.07 Å². The number of fused-ring (bicyclic) bond motifs is 2. The Labute approximate surface area is 151 Å². The second-order valence-electron chi connectivity index (χ2n) is 6.56. The molecule has 3 atom stereocenters. The van der Waals surface area contributed by atoms with E-state index in [2.05, 4.69) is 9.97 Å². The Balaban J connectivity index is 1.52. The molecule has 1 amide bonds. The van der Waals surface area contributed by atoms with E-state index in [4.69, 9.17) is 9.47 Å². The van der Waals surface area contributed by atoms with Gasteiger partial charge in [-0.15, -0.1) is 0 Å². The molecule has 1 aliphatic carbocycles. The lowest BCUT2D eigenvalue weighted by molar-refractivity contribution is -0.0598. The molecule has 1 saturated carbocycles. The number of hydrogen-bond acceptors (Lipinski definition) is 5. The number of carbonyl (C=O) groups is 1. The molecule has 2 aromatic rings. The monoisotopic (exact) mass is 357 g/mol. The summed E-state index contributed by atoms with van der Waals surface area (Å²) < 4.78 is 25.5. The van der Waals surface area contributed by atoms with Crippen LogP contribution in [0.1, 0.15) is 28.8 Å². The van der Waals surface area contributed by atoms with E-state index < -0.39 is 5.95 Å². The van der Waals surface area contributed by atoms with Gasteiger partial charge < -0.3 is 14.4 Å². The van der Waals surface area contributed by atoms with Gasteiger partial charge >= 0.3 is 0 Å². The number of ether oxygens (including phenoxy) is 2. The Morgan fingerprint density at radius 1 is 1.35 bits per heavy atom. The van der Waals surface area contributed by atoms with Crippen molar-refractivity contribution in [2.45, 2.75) is 37.7 Å². The fourth-order valence-corrected chi connectivity index (χ4v) is 3.74. The summed E-state index contributed by atoms with van der Waals surface area (Å²) in [7, 11) is 0. The first-order chi connectivity index (χ1) is 12.7. The average molecular weight is 357 g/mol. The summed E-state index contributed by atoms with van der Waals surface area (Å²) in [6.07, 6.45) is 6.22. The third kappa shape index (κ3) is 3.45. The quantitative estimate of drug-likeness (QED) is 0.785. The molecular formula is C19H20FN3O3. The predicted octanol–water partition coefficient (Wildman–Crippen LogP) is 2.20. The van der Waals surface area contributed by atoms with Crippen LogP contribution in [0.4, 0.5) is 4.39 Å². The summed E-state index contributed by atoms with van der Waals surface area (Å²) in [5, 5.41) is 0. The van der Waals surface area contributed by atoms with Crippen molar-refractivity contribution < 1.29 is 18.7 Å². The number of carbonyl (C=O) groups excluding carboxylic acids is 1. The maximum Gasteiger partial charge on any atom is 0.254 e. The van der Waals surface area contributed by atoms with E-state index in [9.17, 15) is 9.18 Å². The van der Waals surface area contributed by atoms with Crippen molar-refractivity contribution in [2.24, 2.45) is 0 Å². The average Bonchev–Trinajstić information content (AvgIpc) is 2.95. The molecule has 136 valence electrons. The van der Waals surface area contributed by atoms with Gasteiger partial charge in [0.15, 0.2) is 0 Å². The van der Waals surface area contributed by atoms with Crippen LogP contribution >= 0.6 is 0 Å². The molecule has 4 rings (SSSR count). The van der Waals surface area contributed by atoms with Gasteiger partial charge in [-0.05, 0) is 30.5 Å². The number of aromatic nitrogens is 2. The normalized spacial score (nSPS) is 25.1. The second kappa shape index (κ2) is 7.47. The van der Waals surface area contributed by atoms with Crippen LogP contribution in [0.3, 0.4) is 0 Å². The lowest BCUT2D eigenvalue weighted by Crippen LogP contribution is -2.46. The van der Waals surface area contributed by atoms with Gasteiger partial charge in [0.1, 0.15) is 6.10 Å². The maximum atomic E-state index is 13.4. The molecule has 0 radical (unpaired) electrons. The van der Waals surface area contributed by atoms with Crippen molar-refractivity contribution in [3.05, 3.63) is 59.9 Å². The van der Waals surface area contributed by atoms with Gasteiger partial charge in [-0.3, -0.25) is 9.78 Å². The Kier molecular flexibility index (Phi) is 4.90. The summed E-state index contributed by atoms with van der Waals surface area (Å²) in [4.78, 5) is 22.3. The molecule has 1 aliphatic heterocycles. The summed E-state index contributed by atoms with van der Waals surface area (Å²) >= 11 is 0. The fraction of sp³-hybridized carbons (Fsp3) is 0.421. The van der Waals surface area contributed by atoms with Crippen LogP contribution in [0.5, 0.6) is 0 Å². The van der Waals surface area contributed by atoms with Crippen LogP contribution in [0.15, 0.2) is 42.9 Å². The van der Waals surface area contributed by atoms with Crippen molar-refractivity contribution in [2.75, 3.05) is 13.2 Å². The Hall–Kier alpha value is -2.38. The molecule has 0 spiro atoms. The van der Waals surface area contributed by atoms with Gasteiger partial charge in [0, 0.05) is 36.8 Å². The van der Waals surface area contributed by atoms with Crippen molar-refractivity contribution >= 4 is 5.91 Å². The molecule has 3 unspecified atom stereocenters. The Morgan fingerprint density at radius 2 is 2.27 bits per heavy atom. The van der Waals surface area contributed by atoms with Gasteiger partial charge in [0.25, 0.3) is 5.91 Å². The van der Waals surface area contributed by atoms with E-state index in [1.807, 2.05) is 12.1 Å². The van der Waals surface area contributed by atoms with Crippen molar-refractivity contribution in [1.29, 1.82) is 0 Å². The minimum absolute atomic E-state index is 0.0244. The Bertz CT molecular complexity index is 774. The van der Waals surface area contributed by atoms with E-state index >= 15 is 0 Å². The molecule has 1 saturated heterocycles. The Morgan fingerprint density at radius 3 is 3.08 bits per heavy atom. The lowest BCUT2D eigenvalue weighted by atomic mass is 10.1. The highest BCUT2D eigenvalue weighted by molar-refractivity contribution is 5.94. The van der Waals surface area contributed by atoms with Crippen molar-refractivity contribution in [1.82, 2.24) is 14.9 Å². The minimum atomic E-state index is -0.657. The third-order valence-electron chi connectivity index (χ3n) is 4.96. The third-order valence-corrected chi connectivity index (χ3v) is 4.96. The zero-order valence-corrected chi connectivity index (χ0v) is 14.3. The molecule has 7 heteroatoms. The standard InChI is InChI=1S/C19H20FN3O3/c20-17-10-14(5-7-22-17)19(24)23-8-9-25-16-4-3-15(23)18(16)26-12-13-2-1-6-21-11-13/h1-2,5-7,10-11,15-16,18H,3-4,8-9,12H2. The minimum Gasteiger partial charge on any atom is -0.374 e. The van der Waals surface area contributed by atoms with Gasteiger partial charge in [0.05, 0.1) is 25.4 Å².